The van der Waals surface area contributed by atoms with E-state index in [2.05, 4.69) is 21.3 Å². The van der Waals surface area contributed by atoms with Crippen molar-refractivity contribution < 1.29 is 57.5 Å². The summed E-state index contributed by atoms with van der Waals surface area (Å²) in [5.74, 6) is 2.81. The Bertz CT molecular complexity index is 1400. The molecule has 4 aliphatic heterocycles. The molecule has 0 bridgehead atoms. The Balaban J connectivity index is 0.000000427. The van der Waals surface area contributed by atoms with E-state index < -0.39 is 0 Å². The van der Waals surface area contributed by atoms with Gasteiger partial charge < -0.3 is 21.3 Å². The molecule has 4 amide bonds. The Morgan fingerprint density at radius 1 is 0.344 bits per heavy atom. The smallest absolute Gasteiger partial charge is 0.221 e. The number of carbonyl (C=O) groups excluding carboxylic acids is 12. The molecule has 16 nitrogen and oxygen atoms in total. The lowest BCUT2D eigenvalue weighted by atomic mass is 10.1. The minimum absolute atomic E-state index is 0.0354. The van der Waals surface area contributed by atoms with Crippen LogP contribution in [0.1, 0.15) is 156 Å². The Morgan fingerprint density at radius 3 is 0.672 bits per heavy atom. The molecule has 4 saturated heterocycles. The molecule has 4 unspecified atom stereocenters. The van der Waals surface area contributed by atoms with Crippen LogP contribution in [0.4, 0.5) is 0 Å². The zero-order chi connectivity index (χ0) is 47.9. The summed E-state index contributed by atoms with van der Waals surface area (Å²) >= 11 is 5.04. The van der Waals surface area contributed by atoms with Gasteiger partial charge in [0.05, 0.1) is 24.2 Å². The van der Waals surface area contributed by atoms with Crippen LogP contribution in [0.3, 0.4) is 0 Å². The van der Waals surface area contributed by atoms with Crippen LogP contribution in [0.5, 0.6) is 0 Å². The van der Waals surface area contributed by atoms with Crippen molar-refractivity contribution in [3.63, 3.8) is 0 Å². The fraction of sp³-hybridized carbons (Fsp3) is 0.727. The summed E-state index contributed by atoms with van der Waals surface area (Å²) in [6, 6.07) is -1.34. The molecule has 4 atom stereocenters. The van der Waals surface area contributed by atoms with E-state index in [4.69, 9.17) is 0 Å². The van der Waals surface area contributed by atoms with Crippen molar-refractivity contribution in [1.29, 1.82) is 0 Å². The van der Waals surface area contributed by atoms with Crippen molar-refractivity contribution in [3.05, 3.63) is 0 Å². The van der Waals surface area contributed by atoms with Crippen LogP contribution in [-0.2, 0) is 57.5 Å². The van der Waals surface area contributed by atoms with Gasteiger partial charge in [0, 0.05) is 100 Å². The summed E-state index contributed by atoms with van der Waals surface area (Å²) in [5.41, 5.74) is 0. The van der Waals surface area contributed by atoms with E-state index >= 15 is 0 Å². The first kappa shape index (κ1) is 58.7. The summed E-state index contributed by atoms with van der Waals surface area (Å²) in [5, 5.41) is 10.8. The molecule has 4 aliphatic rings. The van der Waals surface area contributed by atoms with Crippen molar-refractivity contribution >= 4 is 114 Å². The first-order valence-corrected chi connectivity index (χ1v) is 26.4. The van der Waals surface area contributed by atoms with Gasteiger partial charge in [-0.1, -0.05) is 74.7 Å². The van der Waals surface area contributed by atoms with Gasteiger partial charge in [0.15, 0.2) is 0 Å². The summed E-state index contributed by atoms with van der Waals surface area (Å²) in [6.07, 6.45) is 10.2. The van der Waals surface area contributed by atoms with E-state index in [0.29, 0.717) is 51.4 Å². The molecule has 0 aromatic heterocycles. The summed E-state index contributed by atoms with van der Waals surface area (Å²) in [6.45, 7) is 7.75. The van der Waals surface area contributed by atoms with Gasteiger partial charge in [0.2, 0.25) is 44.1 Å². The van der Waals surface area contributed by atoms with Crippen LogP contribution in [0.15, 0.2) is 0 Å². The average molecular weight is 973 g/mol. The third-order valence-electron chi connectivity index (χ3n) is 9.72. The molecular weight excluding hydrogens is 905 g/mol. The number of nitrogens with one attached hydrogen (secondary N) is 4. The van der Waals surface area contributed by atoms with Gasteiger partial charge in [0.25, 0.3) is 0 Å². The molecular formula is C44H68N4O12S4. The predicted molar refractivity (Wildman–Crippen MR) is 253 cm³/mol. The molecule has 64 heavy (non-hydrogen) atoms. The number of Topliss-reactive ketones (excluding diaryl/α,β-unsaturated/α-hetero) is 4. The third-order valence-corrected chi connectivity index (χ3v) is 13.8. The molecule has 0 aliphatic carbocycles. The molecule has 0 aromatic rings. The van der Waals surface area contributed by atoms with Crippen molar-refractivity contribution in [2.75, 3.05) is 23.0 Å². The van der Waals surface area contributed by atoms with Crippen LogP contribution < -0.4 is 21.3 Å². The lowest BCUT2D eigenvalue weighted by Gasteiger charge is -2.09. The molecule has 360 valence electrons. The number of hydrogen-bond acceptors (Lipinski definition) is 16. The van der Waals surface area contributed by atoms with E-state index in [0.717, 1.165) is 48.7 Å². The van der Waals surface area contributed by atoms with E-state index in [1.807, 2.05) is 27.7 Å². The highest BCUT2D eigenvalue weighted by Crippen LogP contribution is 2.22. The molecule has 4 fully saturated rings. The molecule has 0 aromatic carbocycles. The van der Waals surface area contributed by atoms with E-state index in [-0.39, 0.29) is 143 Å². The van der Waals surface area contributed by atoms with Crippen molar-refractivity contribution in [2.24, 2.45) is 0 Å². The van der Waals surface area contributed by atoms with Crippen LogP contribution in [0.25, 0.3) is 0 Å². The van der Waals surface area contributed by atoms with Crippen LogP contribution in [-0.4, -0.2) is 114 Å². The highest BCUT2D eigenvalue weighted by Gasteiger charge is 2.29. The Kier molecular flexibility index (Phi) is 32.0. The van der Waals surface area contributed by atoms with Gasteiger partial charge in [0.1, 0.15) is 23.1 Å². The molecule has 4 heterocycles. The minimum Gasteiger partial charge on any atom is -0.345 e. The van der Waals surface area contributed by atoms with Crippen molar-refractivity contribution in [2.45, 2.75) is 180 Å². The number of carbonyl (C=O) groups is 12. The Morgan fingerprint density at radius 2 is 0.531 bits per heavy atom. The molecule has 20 heteroatoms. The minimum atomic E-state index is -0.334. The standard InChI is InChI=1S/4C11H17NO3S/c4*1-2-3-8(13)4-5-10(14)12-9-6-7-16-11(9)15/h4*9H,2-7H2,1H3,(H,12,14). The van der Waals surface area contributed by atoms with Gasteiger partial charge in [-0.05, 0) is 51.4 Å². The highest BCUT2D eigenvalue weighted by atomic mass is 32.2. The van der Waals surface area contributed by atoms with Crippen molar-refractivity contribution in [1.82, 2.24) is 21.3 Å². The number of ketones is 4. The first-order valence-electron chi connectivity index (χ1n) is 22.4. The maximum absolute atomic E-state index is 11.4. The Labute approximate surface area is 394 Å². The Hall–Kier alpha value is -3.36. The zero-order valence-corrected chi connectivity index (χ0v) is 41.1. The second-order valence-electron chi connectivity index (χ2n) is 15.5. The topological polar surface area (TPSA) is 253 Å². The maximum Gasteiger partial charge on any atom is 0.221 e. The van der Waals surface area contributed by atoms with E-state index in [1.54, 1.807) is 0 Å². The number of amides is 4. The van der Waals surface area contributed by atoms with Gasteiger partial charge >= 0.3 is 0 Å². The highest BCUT2D eigenvalue weighted by molar-refractivity contribution is 8.14. The first-order chi connectivity index (χ1) is 30.5. The van der Waals surface area contributed by atoms with Crippen LogP contribution in [0.2, 0.25) is 0 Å². The lowest BCUT2D eigenvalue weighted by molar-refractivity contribution is -0.127. The lowest BCUT2D eigenvalue weighted by Crippen LogP contribution is -2.37. The zero-order valence-electron chi connectivity index (χ0n) is 37.8. The normalized spacial score (nSPS) is 19.8. The summed E-state index contributed by atoms with van der Waals surface area (Å²) in [4.78, 5) is 135. The van der Waals surface area contributed by atoms with E-state index in [9.17, 15) is 57.5 Å². The molecule has 4 rings (SSSR count). The summed E-state index contributed by atoms with van der Waals surface area (Å²) < 4.78 is 0. The maximum atomic E-state index is 11.4. The summed E-state index contributed by atoms with van der Waals surface area (Å²) in [7, 11) is 0. The van der Waals surface area contributed by atoms with Crippen LogP contribution >= 0.6 is 47.0 Å². The fourth-order valence-electron chi connectivity index (χ4n) is 6.20. The quantitative estimate of drug-likeness (QED) is 0.0978. The van der Waals surface area contributed by atoms with Crippen LogP contribution in [0, 0.1) is 0 Å². The second kappa shape index (κ2) is 34.9. The number of hydrogen-bond donors (Lipinski definition) is 4. The van der Waals surface area contributed by atoms with Gasteiger partial charge in [-0.25, -0.2) is 0 Å². The average Bonchev–Trinajstić information content (AvgIpc) is 4.06. The van der Waals surface area contributed by atoms with Gasteiger partial charge in [-0.15, -0.1) is 0 Å². The van der Waals surface area contributed by atoms with E-state index in [1.165, 1.54) is 47.0 Å². The monoisotopic (exact) mass is 972 g/mol. The fourth-order valence-corrected chi connectivity index (χ4v) is 9.93. The molecule has 0 spiro atoms. The molecule has 0 radical (unpaired) electrons. The van der Waals surface area contributed by atoms with Crippen molar-refractivity contribution in [3.8, 4) is 0 Å². The number of rotatable bonds is 24. The van der Waals surface area contributed by atoms with Gasteiger partial charge in [-0.2, -0.15) is 0 Å². The van der Waals surface area contributed by atoms with Gasteiger partial charge in [-0.3, -0.25) is 57.5 Å². The number of thioether (sulfide) groups is 4. The largest absolute Gasteiger partial charge is 0.345 e. The predicted octanol–water partition coefficient (Wildman–Crippen LogP) is 5.14. The SMILES string of the molecule is CCCC(=O)CCC(=O)NC1CCSC1=O.CCCC(=O)CCC(=O)NC1CCSC1=O.CCCC(=O)CCC(=O)NC1CCSC1=O.CCCC(=O)CCC(=O)NC1CCSC1=O. The third kappa shape index (κ3) is 27.2. The molecule has 4 N–H and O–H groups in total. The molecule has 0 saturated carbocycles. The second-order valence-corrected chi connectivity index (χ2v) is 19.9.